The van der Waals surface area contributed by atoms with Gasteiger partial charge in [-0.05, 0) is 33.2 Å². The number of likely N-dealkylation sites (N-methyl/N-ethyl adjacent to an activating group) is 1. The van der Waals surface area contributed by atoms with Crippen LogP contribution in [0.3, 0.4) is 0 Å². The molecule has 0 saturated heterocycles. The van der Waals surface area contributed by atoms with Crippen LogP contribution in [0.15, 0.2) is 30.6 Å². The molecule has 4 nitrogen and oxygen atoms in total. The number of nitrogens with zero attached hydrogens (tertiary/aromatic N) is 2. The van der Waals surface area contributed by atoms with Crippen LogP contribution in [0.25, 0.3) is 10.8 Å². The first-order valence-corrected chi connectivity index (χ1v) is 6.12. The van der Waals surface area contributed by atoms with E-state index in [4.69, 9.17) is 5.73 Å². The summed E-state index contributed by atoms with van der Waals surface area (Å²) in [5.41, 5.74) is 7.96. The van der Waals surface area contributed by atoms with Crippen LogP contribution in [0.5, 0.6) is 0 Å². The van der Waals surface area contributed by atoms with Crippen LogP contribution in [0.2, 0.25) is 0 Å². The third-order valence-corrected chi connectivity index (χ3v) is 3.33. The highest BCUT2D eigenvalue weighted by molar-refractivity contribution is 5.98. The number of nitrogens with two attached hydrogens (primary N) is 1. The van der Waals surface area contributed by atoms with E-state index in [9.17, 15) is 0 Å². The zero-order valence-electron chi connectivity index (χ0n) is 11.1. The molecule has 3 N–H and O–H groups in total. The molecule has 0 aliphatic rings. The average Bonchev–Trinajstić information content (AvgIpc) is 2.38. The normalized spacial score (nSPS) is 12.9. The number of nitrogen functional groups attached to an aromatic ring is 1. The lowest BCUT2D eigenvalue weighted by Gasteiger charge is -2.21. The molecule has 18 heavy (non-hydrogen) atoms. The van der Waals surface area contributed by atoms with Gasteiger partial charge in [-0.1, -0.05) is 6.07 Å². The number of benzene rings is 1. The highest BCUT2D eigenvalue weighted by Crippen LogP contribution is 2.27. The van der Waals surface area contributed by atoms with Crippen molar-refractivity contribution in [2.24, 2.45) is 0 Å². The van der Waals surface area contributed by atoms with Gasteiger partial charge >= 0.3 is 0 Å². The summed E-state index contributed by atoms with van der Waals surface area (Å²) in [6.07, 6.45) is 3.60. The zero-order chi connectivity index (χ0) is 13.1. The second-order valence-corrected chi connectivity index (χ2v) is 4.82. The smallest absolute Gasteiger partial charge is 0.0630 e. The third kappa shape index (κ3) is 2.54. The van der Waals surface area contributed by atoms with E-state index in [0.717, 1.165) is 28.7 Å². The molecule has 2 aromatic rings. The van der Waals surface area contributed by atoms with Gasteiger partial charge < -0.3 is 16.0 Å². The van der Waals surface area contributed by atoms with Gasteiger partial charge in [0.2, 0.25) is 0 Å². The predicted octanol–water partition coefficient (Wildman–Crippen LogP) is 2.18. The molecule has 1 aromatic carbocycles. The fourth-order valence-electron chi connectivity index (χ4n) is 1.79. The molecule has 1 atom stereocenters. The molecule has 0 amide bonds. The van der Waals surface area contributed by atoms with E-state index in [-0.39, 0.29) is 0 Å². The van der Waals surface area contributed by atoms with Crippen molar-refractivity contribution in [1.29, 1.82) is 0 Å². The van der Waals surface area contributed by atoms with Gasteiger partial charge in [-0.15, -0.1) is 0 Å². The van der Waals surface area contributed by atoms with E-state index < -0.39 is 0 Å². The fourth-order valence-corrected chi connectivity index (χ4v) is 1.79. The minimum absolute atomic E-state index is 0.456. The lowest BCUT2D eigenvalue weighted by Crippen LogP contribution is -2.31. The number of rotatable bonds is 4. The largest absolute Gasteiger partial charge is 0.397 e. The Morgan fingerprint density at radius 2 is 2.11 bits per heavy atom. The molecule has 96 valence electrons. The predicted molar refractivity (Wildman–Crippen MR) is 77.8 cm³/mol. The van der Waals surface area contributed by atoms with Gasteiger partial charge in [0.1, 0.15) is 0 Å². The van der Waals surface area contributed by atoms with Crippen molar-refractivity contribution >= 4 is 22.1 Å². The first-order valence-electron chi connectivity index (χ1n) is 6.12. The molecule has 0 aliphatic carbocycles. The molecule has 1 unspecified atom stereocenters. The molecule has 2 rings (SSSR count). The molecule has 0 aliphatic heterocycles. The molecule has 1 aromatic heterocycles. The van der Waals surface area contributed by atoms with Crippen molar-refractivity contribution in [1.82, 2.24) is 9.88 Å². The summed E-state index contributed by atoms with van der Waals surface area (Å²) in [5, 5.41) is 5.52. The van der Waals surface area contributed by atoms with Gasteiger partial charge in [0.15, 0.2) is 0 Å². The number of hydrogen-bond acceptors (Lipinski definition) is 4. The molecule has 0 saturated carbocycles. The first-order chi connectivity index (χ1) is 8.59. The van der Waals surface area contributed by atoms with E-state index in [1.165, 1.54) is 0 Å². The van der Waals surface area contributed by atoms with Gasteiger partial charge in [0.05, 0.1) is 11.4 Å². The number of anilines is 2. The Labute approximate surface area is 108 Å². The third-order valence-electron chi connectivity index (χ3n) is 3.33. The van der Waals surface area contributed by atoms with Crippen molar-refractivity contribution < 1.29 is 0 Å². The number of pyridine rings is 1. The van der Waals surface area contributed by atoms with Crippen LogP contribution in [-0.2, 0) is 0 Å². The Bertz CT molecular complexity index is 536. The first kappa shape index (κ1) is 12.6. The van der Waals surface area contributed by atoms with E-state index in [1.54, 1.807) is 6.20 Å². The standard InChI is InChI=1S/C14H20N4/c1-10(18(2)3)8-17-13-5-4-11-9-16-7-6-12(11)14(13)15/h4-7,9-10,17H,8,15H2,1-3H3. The molecule has 0 bridgehead atoms. The van der Waals surface area contributed by atoms with Crippen LogP contribution < -0.4 is 11.1 Å². The summed E-state index contributed by atoms with van der Waals surface area (Å²) in [6, 6.07) is 6.46. The summed E-state index contributed by atoms with van der Waals surface area (Å²) < 4.78 is 0. The highest BCUT2D eigenvalue weighted by Gasteiger charge is 2.07. The van der Waals surface area contributed by atoms with Crippen LogP contribution in [0.1, 0.15) is 6.92 Å². The Morgan fingerprint density at radius 3 is 2.83 bits per heavy atom. The van der Waals surface area contributed by atoms with Crippen LogP contribution in [-0.4, -0.2) is 36.6 Å². The van der Waals surface area contributed by atoms with E-state index in [2.05, 4.69) is 36.2 Å². The van der Waals surface area contributed by atoms with E-state index >= 15 is 0 Å². The molecular weight excluding hydrogens is 224 g/mol. The summed E-state index contributed by atoms with van der Waals surface area (Å²) >= 11 is 0. The number of hydrogen-bond donors (Lipinski definition) is 2. The summed E-state index contributed by atoms with van der Waals surface area (Å²) in [5.74, 6) is 0. The lowest BCUT2D eigenvalue weighted by molar-refractivity contribution is 0.326. The number of nitrogens with one attached hydrogen (secondary N) is 1. The van der Waals surface area contributed by atoms with Gasteiger partial charge in [-0.3, -0.25) is 4.98 Å². The average molecular weight is 244 g/mol. The van der Waals surface area contributed by atoms with Gasteiger partial charge in [-0.25, -0.2) is 0 Å². The van der Waals surface area contributed by atoms with Crippen LogP contribution in [0.4, 0.5) is 11.4 Å². The van der Waals surface area contributed by atoms with Crippen molar-refractivity contribution in [3.8, 4) is 0 Å². The Kier molecular flexibility index (Phi) is 3.67. The minimum Gasteiger partial charge on any atom is -0.397 e. The Morgan fingerprint density at radius 1 is 1.33 bits per heavy atom. The zero-order valence-corrected chi connectivity index (χ0v) is 11.1. The van der Waals surface area contributed by atoms with Crippen LogP contribution in [0, 0.1) is 0 Å². The molecule has 0 spiro atoms. The number of fused-ring (bicyclic) bond motifs is 1. The van der Waals surface area contributed by atoms with Crippen molar-refractivity contribution in [2.75, 3.05) is 31.7 Å². The fraction of sp³-hybridized carbons (Fsp3) is 0.357. The summed E-state index contributed by atoms with van der Waals surface area (Å²) in [4.78, 5) is 6.27. The quantitative estimate of drug-likeness (QED) is 0.809. The van der Waals surface area contributed by atoms with E-state index in [0.29, 0.717) is 6.04 Å². The SMILES string of the molecule is CC(CNc1ccc2cnccc2c1N)N(C)C. The van der Waals surface area contributed by atoms with Crippen molar-refractivity contribution in [2.45, 2.75) is 13.0 Å². The molecular formula is C14H20N4. The molecule has 0 fully saturated rings. The Hall–Kier alpha value is -1.81. The minimum atomic E-state index is 0.456. The molecule has 0 radical (unpaired) electrons. The molecule has 4 heteroatoms. The second kappa shape index (κ2) is 5.23. The number of aromatic nitrogens is 1. The lowest BCUT2D eigenvalue weighted by atomic mass is 10.1. The van der Waals surface area contributed by atoms with E-state index in [1.807, 2.05) is 24.4 Å². The summed E-state index contributed by atoms with van der Waals surface area (Å²) in [7, 11) is 4.14. The topological polar surface area (TPSA) is 54.2 Å². The van der Waals surface area contributed by atoms with Crippen molar-refractivity contribution in [3.05, 3.63) is 30.6 Å². The summed E-state index contributed by atoms with van der Waals surface area (Å²) in [6.45, 7) is 3.04. The monoisotopic (exact) mass is 244 g/mol. The van der Waals surface area contributed by atoms with Crippen LogP contribution >= 0.6 is 0 Å². The van der Waals surface area contributed by atoms with Crippen molar-refractivity contribution in [3.63, 3.8) is 0 Å². The maximum Gasteiger partial charge on any atom is 0.0630 e. The van der Waals surface area contributed by atoms with Gasteiger partial charge in [0.25, 0.3) is 0 Å². The Balaban J connectivity index is 2.21. The highest BCUT2D eigenvalue weighted by atomic mass is 15.1. The van der Waals surface area contributed by atoms with Gasteiger partial charge in [0, 0.05) is 35.8 Å². The maximum atomic E-state index is 6.18. The second-order valence-electron chi connectivity index (χ2n) is 4.82. The maximum absolute atomic E-state index is 6.18. The van der Waals surface area contributed by atoms with Gasteiger partial charge in [-0.2, -0.15) is 0 Å². The molecule has 1 heterocycles.